The Labute approximate surface area is 78.5 Å². The van der Waals surface area contributed by atoms with Crippen LogP contribution in [0.1, 0.15) is 0 Å². The number of oxazole rings is 1. The van der Waals surface area contributed by atoms with Crippen molar-refractivity contribution in [1.29, 1.82) is 0 Å². The molecule has 0 saturated carbocycles. The molecule has 2 N–H and O–H groups in total. The van der Waals surface area contributed by atoms with Crippen molar-refractivity contribution in [3.05, 3.63) is 27.7 Å². The van der Waals surface area contributed by atoms with Crippen LogP contribution in [0.25, 0.3) is 11.1 Å². The number of rotatable bonds is 0. The summed E-state index contributed by atoms with van der Waals surface area (Å²) >= 11 is 5.82. The van der Waals surface area contributed by atoms with E-state index in [1.54, 1.807) is 19.2 Å². The van der Waals surface area contributed by atoms with Gasteiger partial charge < -0.3 is 10.2 Å². The first-order valence-electron chi connectivity index (χ1n) is 3.64. The molecule has 0 aliphatic rings. The van der Waals surface area contributed by atoms with Crippen molar-refractivity contribution < 1.29 is 4.42 Å². The van der Waals surface area contributed by atoms with Gasteiger partial charge in [0.2, 0.25) is 0 Å². The number of nitrogen functional groups attached to an aromatic ring is 1. The predicted molar refractivity (Wildman–Crippen MR) is 50.9 cm³/mol. The lowest BCUT2D eigenvalue weighted by molar-refractivity contribution is 0.528. The number of fused-ring (bicyclic) bond motifs is 1. The number of halogens is 1. The maximum absolute atomic E-state index is 11.1. The summed E-state index contributed by atoms with van der Waals surface area (Å²) in [4.78, 5) is 11.1. The lowest BCUT2D eigenvalue weighted by atomic mass is 10.3. The second kappa shape index (κ2) is 2.53. The van der Waals surface area contributed by atoms with Crippen molar-refractivity contribution in [3.63, 3.8) is 0 Å². The smallest absolute Gasteiger partial charge is 0.406 e. The van der Waals surface area contributed by atoms with Crippen LogP contribution in [0.3, 0.4) is 0 Å². The number of nitrogens with two attached hydrogens (primary N) is 1. The fourth-order valence-electron chi connectivity index (χ4n) is 1.20. The number of hydrogen-bond acceptors (Lipinski definition) is 3. The molecule has 0 saturated heterocycles. The third-order valence-electron chi connectivity index (χ3n) is 1.87. The zero-order chi connectivity index (χ0) is 9.59. The molecule has 5 heteroatoms. The summed E-state index contributed by atoms with van der Waals surface area (Å²) in [7, 11) is 1.60. The molecule has 0 fully saturated rings. The van der Waals surface area contributed by atoms with Gasteiger partial charge in [-0.05, 0) is 12.1 Å². The third kappa shape index (κ3) is 1.10. The Morgan fingerprint density at radius 1 is 1.54 bits per heavy atom. The lowest BCUT2D eigenvalue weighted by Gasteiger charge is -1.96. The van der Waals surface area contributed by atoms with Crippen molar-refractivity contribution in [2.75, 3.05) is 5.73 Å². The van der Waals surface area contributed by atoms with Gasteiger partial charge in [0.1, 0.15) is 0 Å². The molecule has 13 heavy (non-hydrogen) atoms. The Hall–Kier alpha value is -1.42. The summed E-state index contributed by atoms with van der Waals surface area (Å²) in [5.41, 5.74) is 7.05. The van der Waals surface area contributed by atoms with E-state index < -0.39 is 5.76 Å². The number of benzene rings is 1. The van der Waals surface area contributed by atoms with E-state index in [1.165, 1.54) is 4.57 Å². The van der Waals surface area contributed by atoms with E-state index in [9.17, 15) is 4.79 Å². The number of hydrogen-bond donors (Lipinski definition) is 1. The van der Waals surface area contributed by atoms with Crippen molar-refractivity contribution in [3.8, 4) is 0 Å². The highest BCUT2D eigenvalue weighted by Gasteiger charge is 2.09. The molecule has 0 bridgehead atoms. The van der Waals surface area contributed by atoms with Crippen LogP contribution in [0, 0.1) is 0 Å². The highest BCUT2D eigenvalue weighted by atomic mass is 35.5. The standard InChI is InChI=1S/C8H7ClN2O2/c1-11-6-3-4(10)2-5(9)7(6)13-8(11)12/h2-3H,10H2,1H3. The molecule has 0 radical (unpaired) electrons. The van der Waals surface area contributed by atoms with Crippen LogP contribution in [0.5, 0.6) is 0 Å². The Morgan fingerprint density at radius 3 is 2.92 bits per heavy atom. The predicted octanol–water partition coefficient (Wildman–Crippen LogP) is 1.37. The van der Waals surface area contributed by atoms with Crippen LogP contribution < -0.4 is 11.5 Å². The minimum absolute atomic E-state index is 0.354. The van der Waals surface area contributed by atoms with Crippen molar-refractivity contribution in [2.24, 2.45) is 7.05 Å². The van der Waals surface area contributed by atoms with Crippen LogP contribution in [0.2, 0.25) is 5.02 Å². The Kier molecular flexibility index (Phi) is 1.60. The minimum Gasteiger partial charge on any atom is -0.406 e. The summed E-state index contributed by atoms with van der Waals surface area (Å²) in [5.74, 6) is -0.442. The Morgan fingerprint density at radius 2 is 2.23 bits per heavy atom. The van der Waals surface area contributed by atoms with Gasteiger partial charge in [0.15, 0.2) is 5.58 Å². The number of nitrogens with zero attached hydrogens (tertiary/aromatic N) is 1. The van der Waals surface area contributed by atoms with Crippen LogP contribution in [0.4, 0.5) is 5.69 Å². The highest BCUT2D eigenvalue weighted by Crippen LogP contribution is 2.25. The summed E-state index contributed by atoms with van der Waals surface area (Å²) in [6, 6.07) is 3.19. The van der Waals surface area contributed by atoms with Crippen LogP contribution in [-0.2, 0) is 7.05 Å². The second-order valence-corrected chi connectivity index (χ2v) is 3.19. The van der Waals surface area contributed by atoms with E-state index >= 15 is 0 Å². The number of aromatic nitrogens is 1. The Bertz CT molecular complexity index is 527. The molecule has 0 spiro atoms. The monoisotopic (exact) mass is 198 g/mol. The van der Waals surface area contributed by atoms with Gasteiger partial charge in [0.25, 0.3) is 0 Å². The molecule has 2 rings (SSSR count). The fraction of sp³-hybridized carbons (Fsp3) is 0.125. The average Bonchev–Trinajstić information content (AvgIpc) is 2.32. The molecule has 0 amide bonds. The molecule has 0 aliphatic carbocycles. The molecule has 0 unspecified atom stereocenters. The summed E-state index contributed by atoms with van der Waals surface area (Å²) < 4.78 is 6.26. The molecule has 1 aromatic carbocycles. The fourth-order valence-corrected chi connectivity index (χ4v) is 1.46. The minimum atomic E-state index is -0.442. The maximum atomic E-state index is 11.1. The van der Waals surface area contributed by atoms with E-state index in [1.807, 2.05) is 0 Å². The molecule has 4 nitrogen and oxygen atoms in total. The van der Waals surface area contributed by atoms with Gasteiger partial charge in [-0.15, -0.1) is 0 Å². The first-order valence-corrected chi connectivity index (χ1v) is 4.02. The van der Waals surface area contributed by atoms with Crippen molar-refractivity contribution in [1.82, 2.24) is 4.57 Å². The molecule has 0 atom stereocenters. The van der Waals surface area contributed by atoms with E-state index in [2.05, 4.69) is 0 Å². The third-order valence-corrected chi connectivity index (χ3v) is 2.15. The van der Waals surface area contributed by atoms with E-state index in [4.69, 9.17) is 21.8 Å². The molecule has 1 heterocycles. The summed E-state index contributed by atoms with van der Waals surface area (Å²) in [6.45, 7) is 0. The molecule has 68 valence electrons. The number of anilines is 1. The van der Waals surface area contributed by atoms with Crippen LogP contribution >= 0.6 is 11.6 Å². The second-order valence-electron chi connectivity index (χ2n) is 2.78. The van der Waals surface area contributed by atoms with Crippen molar-refractivity contribution >= 4 is 28.4 Å². The largest absolute Gasteiger partial charge is 0.419 e. The van der Waals surface area contributed by atoms with E-state index in [-0.39, 0.29) is 0 Å². The van der Waals surface area contributed by atoms with Gasteiger partial charge >= 0.3 is 5.76 Å². The van der Waals surface area contributed by atoms with Gasteiger partial charge in [0.05, 0.1) is 10.5 Å². The molecular formula is C8H7ClN2O2. The topological polar surface area (TPSA) is 61.2 Å². The zero-order valence-corrected chi connectivity index (χ0v) is 7.63. The zero-order valence-electron chi connectivity index (χ0n) is 6.87. The average molecular weight is 199 g/mol. The molecule has 0 aliphatic heterocycles. The molecule has 1 aromatic heterocycles. The quantitative estimate of drug-likeness (QED) is 0.651. The van der Waals surface area contributed by atoms with Gasteiger partial charge in [-0.1, -0.05) is 11.6 Å². The molecular weight excluding hydrogens is 192 g/mol. The first kappa shape index (κ1) is 8.19. The maximum Gasteiger partial charge on any atom is 0.419 e. The van der Waals surface area contributed by atoms with Gasteiger partial charge in [-0.25, -0.2) is 4.79 Å². The Balaban J connectivity index is 3.03. The van der Waals surface area contributed by atoms with Crippen LogP contribution in [0.15, 0.2) is 21.3 Å². The number of aryl methyl sites for hydroxylation is 1. The van der Waals surface area contributed by atoms with Gasteiger partial charge in [0, 0.05) is 12.7 Å². The van der Waals surface area contributed by atoms with Crippen molar-refractivity contribution in [2.45, 2.75) is 0 Å². The lowest BCUT2D eigenvalue weighted by Crippen LogP contribution is -2.08. The summed E-state index contributed by atoms with van der Waals surface area (Å²) in [5, 5.41) is 0.354. The normalized spacial score (nSPS) is 10.9. The summed E-state index contributed by atoms with van der Waals surface area (Å²) in [6.07, 6.45) is 0. The van der Waals surface area contributed by atoms with E-state index in [0.29, 0.717) is 21.8 Å². The highest BCUT2D eigenvalue weighted by molar-refractivity contribution is 6.35. The SMILES string of the molecule is Cn1c(=O)oc2c(Cl)cc(N)cc21. The van der Waals surface area contributed by atoms with Crippen LogP contribution in [-0.4, -0.2) is 4.57 Å². The first-order chi connectivity index (χ1) is 6.09. The van der Waals surface area contributed by atoms with Gasteiger partial charge in [-0.3, -0.25) is 4.57 Å². The van der Waals surface area contributed by atoms with E-state index in [0.717, 1.165) is 0 Å². The molecule has 2 aromatic rings. The van der Waals surface area contributed by atoms with Gasteiger partial charge in [-0.2, -0.15) is 0 Å².